The molecule has 0 amide bonds. The lowest BCUT2D eigenvalue weighted by Gasteiger charge is -2.32. The molecule has 0 unspecified atom stereocenters. The third-order valence-corrected chi connectivity index (χ3v) is 5.85. The Hall–Kier alpha value is -0.870. The highest BCUT2D eigenvalue weighted by Crippen LogP contribution is 2.28. The molecule has 112 valence electrons. The zero-order chi connectivity index (χ0) is 14.6. The first-order valence-electron chi connectivity index (χ1n) is 7.62. The Morgan fingerprint density at radius 3 is 2.80 bits per heavy atom. The molecule has 1 saturated heterocycles. The Bertz CT molecular complexity index is 537. The van der Waals surface area contributed by atoms with Gasteiger partial charge in [0, 0.05) is 6.54 Å². The largest absolute Gasteiger partial charge is 0.303 e. The van der Waals surface area contributed by atoms with Gasteiger partial charge >= 0.3 is 0 Å². The maximum Gasteiger partial charge on any atom is 0.178 e. The maximum absolute atomic E-state index is 12.0. The van der Waals surface area contributed by atoms with Crippen molar-refractivity contribution in [3.63, 3.8) is 0 Å². The lowest BCUT2D eigenvalue weighted by molar-refractivity contribution is 0.208. The van der Waals surface area contributed by atoms with E-state index in [1.54, 1.807) is 13.0 Å². The van der Waals surface area contributed by atoms with E-state index in [9.17, 15) is 8.42 Å². The van der Waals surface area contributed by atoms with E-state index in [4.69, 9.17) is 0 Å². The lowest BCUT2D eigenvalue weighted by atomic mass is 9.90. The molecule has 1 heterocycles. The van der Waals surface area contributed by atoms with Crippen LogP contribution in [-0.4, -0.2) is 38.7 Å². The number of sulfone groups is 1. The van der Waals surface area contributed by atoms with Crippen LogP contribution < -0.4 is 0 Å². The first-order chi connectivity index (χ1) is 9.56. The molecular weight excluding hydrogens is 270 g/mol. The third kappa shape index (κ3) is 3.61. The average Bonchev–Trinajstić information content (AvgIpc) is 2.48. The number of piperidine rings is 1. The molecule has 0 spiro atoms. The van der Waals surface area contributed by atoms with Crippen molar-refractivity contribution in [2.75, 3.05) is 25.4 Å². The summed E-state index contributed by atoms with van der Waals surface area (Å²) in [6.45, 7) is 7.29. The zero-order valence-electron chi connectivity index (χ0n) is 12.5. The topological polar surface area (TPSA) is 37.4 Å². The molecule has 1 aliphatic rings. The second-order valence-corrected chi connectivity index (χ2v) is 7.89. The SMILES string of the molecule is CCCN1CCC[C@@H](c2cccc(S(=O)(=O)CC)c2)C1. The molecule has 1 aromatic rings. The van der Waals surface area contributed by atoms with Crippen LogP contribution in [0.4, 0.5) is 0 Å². The quantitative estimate of drug-likeness (QED) is 0.838. The molecule has 0 bridgehead atoms. The molecule has 1 aliphatic heterocycles. The summed E-state index contributed by atoms with van der Waals surface area (Å²) in [5.74, 6) is 0.644. The van der Waals surface area contributed by atoms with Gasteiger partial charge in [0.15, 0.2) is 9.84 Å². The van der Waals surface area contributed by atoms with E-state index in [0.717, 1.165) is 19.5 Å². The Morgan fingerprint density at radius 2 is 2.10 bits per heavy atom. The highest BCUT2D eigenvalue weighted by molar-refractivity contribution is 7.91. The zero-order valence-corrected chi connectivity index (χ0v) is 13.3. The van der Waals surface area contributed by atoms with Gasteiger partial charge in [0.25, 0.3) is 0 Å². The summed E-state index contributed by atoms with van der Waals surface area (Å²) in [6, 6.07) is 7.57. The van der Waals surface area contributed by atoms with Gasteiger partial charge in [0.2, 0.25) is 0 Å². The second kappa shape index (κ2) is 6.72. The monoisotopic (exact) mass is 295 g/mol. The van der Waals surface area contributed by atoms with Crippen molar-refractivity contribution in [1.82, 2.24) is 4.90 Å². The molecule has 20 heavy (non-hydrogen) atoms. The fourth-order valence-electron chi connectivity index (χ4n) is 2.98. The summed E-state index contributed by atoms with van der Waals surface area (Å²) in [5, 5.41) is 0. The van der Waals surface area contributed by atoms with E-state index in [1.807, 2.05) is 12.1 Å². The van der Waals surface area contributed by atoms with E-state index >= 15 is 0 Å². The molecule has 1 fully saturated rings. The van der Waals surface area contributed by atoms with Crippen molar-refractivity contribution in [2.24, 2.45) is 0 Å². The van der Waals surface area contributed by atoms with Crippen LogP contribution in [0.15, 0.2) is 29.2 Å². The highest BCUT2D eigenvalue weighted by Gasteiger charge is 2.22. The molecule has 2 rings (SSSR count). The molecule has 0 radical (unpaired) electrons. The van der Waals surface area contributed by atoms with Crippen LogP contribution in [-0.2, 0) is 9.84 Å². The smallest absolute Gasteiger partial charge is 0.178 e. The lowest BCUT2D eigenvalue weighted by Crippen LogP contribution is -2.34. The van der Waals surface area contributed by atoms with Gasteiger partial charge in [-0.25, -0.2) is 8.42 Å². The summed E-state index contributed by atoms with van der Waals surface area (Å²) in [5.41, 5.74) is 1.18. The van der Waals surface area contributed by atoms with Crippen LogP contribution >= 0.6 is 0 Å². The number of hydrogen-bond acceptors (Lipinski definition) is 3. The first-order valence-corrected chi connectivity index (χ1v) is 9.27. The van der Waals surface area contributed by atoms with Crippen molar-refractivity contribution >= 4 is 9.84 Å². The van der Waals surface area contributed by atoms with E-state index < -0.39 is 9.84 Å². The van der Waals surface area contributed by atoms with Gasteiger partial charge in [0.1, 0.15) is 0 Å². The van der Waals surface area contributed by atoms with Crippen molar-refractivity contribution < 1.29 is 8.42 Å². The predicted octanol–water partition coefficient (Wildman–Crippen LogP) is 3.07. The van der Waals surface area contributed by atoms with Gasteiger partial charge in [-0.3, -0.25) is 0 Å². The Kier molecular flexibility index (Phi) is 5.22. The molecule has 3 nitrogen and oxygen atoms in total. The second-order valence-electron chi connectivity index (χ2n) is 5.62. The van der Waals surface area contributed by atoms with Crippen LogP contribution in [0.1, 0.15) is 44.6 Å². The van der Waals surface area contributed by atoms with Crippen LogP contribution in [0, 0.1) is 0 Å². The summed E-state index contributed by atoms with van der Waals surface area (Å²) >= 11 is 0. The average molecular weight is 295 g/mol. The Morgan fingerprint density at radius 1 is 1.30 bits per heavy atom. The van der Waals surface area contributed by atoms with Gasteiger partial charge in [-0.1, -0.05) is 26.0 Å². The predicted molar refractivity (Wildman–Crippen MR) is 82.9 cm³/mol. The van der Waals surface area contributed by atoms with Gasteiger partial charge in [-0.05, 0) is 56.0 Å². The molecule has 1 atom stereocenters. The van der Waals surface area contributed by atoms with Crippen LogP contribution in [0.25, 0.3) is 0 Å². The molecule has 0 N–H and O–H groups in total. The van der Waals surface area contributed by atoms with Crippen molar-refractivity contribution in [2.45, 2.75) is 43.9 Å². The molecule has 0 aliphatic carbocycles. The van der Waals surface area contributed by atoms with Gasteiger partial charge < -0.3 is 4.90 Å². The minimum Gasteiger partial charge on any atom is -0.303 e. The standard InChI is InChI=1S/C16H25NO2S/c1-3-10-17-11-6-8-15(13-17)14-7-5-9-16(12-14)20(18,19)4-2/h5,7,9,12,15H,3-4,6,8,10-11,13H2,1-2H3/t15-/m1/s1. The highest BCUT2D eigenvalue weighted by atomic mass is 32.2. The van der Waals surface area contributed by atoms with Crippen molar-refractivity contribution in [3.8, 4) is 0 Å². The van der Waals surface area contributed by atoms with E-state index in [1.165, 1.54) is 24.9 Å². The normalized spacial score (nSPS) is 21.0. The Balaban J connectivity index is 2.18. The summed E-state index contributed by atoms with van der Waals surface area (Å²) in [7, 11) is -3.10. The minimum absolute atomic E-state index is 0.170. The molecule has 0 aromatic heterocycles. The van der Waals surface area contributed by atoms with Crippen LogP contribution in [0.2, 0.25) is 0 Å². The number of likely N-dealkylation sites (tertiary alicyclic amines) is 1. The fraction of sp³-hybridized carbons (Fsp3) is 0.625. The minimum atomic E-state index is -3.10. The molecule has 0 saturated carbocycles. The van der Waals surface area contributed by atoms with Gasteiger partial charge in [-0.15, -0.1) is 0 Å². The van der Waals surface area contributed by atoms with Gasteiger partial charge in [0.05, 0.1) is 10.6 Å². The summed E-state index contributed by atoms with van der Waals surface area (Å²) in [6.07, 6.45) is 3.54. The van der Waals surface area contributed by atoms with Gasteiger partial charge in [-0.2, -0.15) is 0 Å². The van der Waals surface area contributed by atoms with Crippen LogP contribution in [0.5, 0.6) is 0 Å². The first kappa shape index (κ1) is 15.5. The van der Waals surface area contributed by atoms with Crippen molar-refractivity contribution in [1.29, 1.82) is 0 Å². The number of benzene rings is 1. The number of hydrogen-bond donors (Lipinski definition) is 0. The van der Waals surface area contributed by atoms with E-state index in [2.05, 4.69) is 17.9 Å². The Labute approximate surface area is 122 Å². The fourth-order valence-corrected chi connectivity index (χ4v) is 3.91. The summed E-state index contributed by atoms with van der Waals surface area (Å²) < 4.78 is 24.0. The van der Waals surface area contributed by atoms with Crippen LogP contribution in [0.3, 0.4) is 0 Å². The van der Waals surface area contributed by atoms with E-state index in [-0.39, 0.29) is 5.75 Å². The van der Waals surface area contributed by atoms with E-state index in [0.29, 0.717) is 10.8 Å². The molecule has 4 heteroatoms. The third-order valence-electron chi connectivity index (χ3n) is 4.11. The number of nitrogens with zero attached hydrogens (tertiary/aromatic N) is 1. The van der Waals surface area contributed by atoms with Crippen molar-refractivity contribution in [3.05, 3.63) is 29.8 Å². The summed E-state index contributed by atoms with van der Waals surface area (Å²) in [4.78, 5) is 2.97. The maximum atomic E-state index is 12.0. The number of rotatable bonds is 5. The molecular formula is C16H25NO2S. The molecule has 1 aromatic carbocycles.